The largest absolute Gasteiger partial charge is 0.393 e. The van der Waals surface area contributed by atoms with Gasteiger partial charge < -0.3 is 10.0 Å². The van der Waals surface area contributed by atoms with Gasteiger partial charge in [0.25, 0.3) is 0 Å². The second-order valence-electron chi connectivity index (χ2n) is 4.18. The summed E-state index contributed by atoms with van der Waals surface area (Å²) in [7, 11) is 2.17. The molecule has 0 atom stereocenters. The predicted octanol–water partition coefficient (Wildman–Crippen LogP) is 1.40. The Kier molecular flexibility index (Phi) is 5.14. The van der Waals surface area contributed by atoms with Crippen LogP contribution in [0.5, 0.6) is 0 Å². The van der Waals surface area contributed by atoms with Crippen LogP contribution >= 0.6 is 12.6 Å². The van der Waals surface area contributed by atoms with Crippen molar-refractivity contribution in [3.05, 3.63) is 0 Å². The maximum atomic E-state index is 9.12. The molecule has 0 spiro atoms. The molecule has 1 aliphatic carbocycles. The zero-order valence-corrected chi connectivity index (χ0v) is 9.34. The number of unbranched alkanes of at least 4 members (excludes halogenated alkanes) is 1. The number of nitrogens with zero attached hydrogens (tertiary/aromatic N) is 1. The van der Waals surface area contributed by atoms with Crippen LogP contribution in [0, 0.1) is 5.92 Å². The smallest absolute Gasteiger partial charge is 0.0546 e. The molecule has 0 heterocycles. The Balaban J connectivity index is 1.95. The van der Waals surface area contributed by atoms with Crippen molar-refractivity contribution >= 4 is 12.6 Å². The Morgan fingerprint density at radius 2 is 2.08 bits per heavy atom. The highest BCUT2D eigenvalue weighted by molar-refractivity contribution is 7.80. The Labute approximate surface area is 86.7 Å². The van der Waals surface area contributed by atoms with Gasteiger partial charge in [-0.1, -0.05) is 0 Å². The molecular weight excluding hydrogens is 182 g/mol. The molecule has 0 aromatic heterocycles. The van der Waals surface area contributed by atoms with Crippen LogP contribution in [0.25, 0.3) is 0 Å². The van der Waals surface area contributed by atoms with Gasteiger partial charge in [0, 0.05) is 6.54 Å². The van der Waals surface area contributed by atoms with Crippen LogP contribution in [0.2, 0.25) is 0 Å². The average molecular weight is 203 g/mol. The van der Waals surface area contributed by atoms with Gasteiger partial charge in [-0.15, -0.1) is 0 Å². The Hall–Kier alpha value is 0.270. The summed E-state index contributed by atoms with van der Waals surface area (Å²) in [5, 5.41) is 9.12. The third-order valence-corrected chi connectivity index (χ3v) is 3.04. The summed E-state index contributed by atoms with van der Waals surface area (Å²) < 4.78 is 0. The van der Waals surface area contributed by atoms with Crippen molar-refractivity contribution in [3.63, 3.8) is 0 Å². The number of rotatable bonds is 6. The zero-order valence-electron chi connectivity index (χ0n) is 8.45. The lowest BCUT2D eigenvalue weighted by molar-refractivity contribution is 0.0282. The van der Waals surface area contributed by atoms with E-state index >= 15 is 0 Å². The van der Waals surface area contributed by atoms with E-state index in [0.29, 0.717) is 0 Å². The maximum Gasteiger partial charge on any atom is 0.0546 e. The van der Waals surface area contributed by atoms with E-state index in [4.69, 9.17) is 5.11 Å². The Morgan fingerprint density at radius 3 is 2.62 bits per heavy atom. The molecule has 2 nitrogen and oxygen atoms in total. The topological polar surface area (TPSA) is 23.5 Å². The van der Waals surface area contributed by atoms with Crippen LogP contribution in [0.4, 0.5) is 0 Å². The summed E-state index contributed by atoms with van der Waals surface area (Å²) in [5.41, 5.74) is 0. The van der Waals surface area contributed by atoms with E-state index in [1.54, 1.807) is 0 Å². The normalized spacial score (nSPS) is 27.7. The van der Waals surface area contributed by atoms with Gasteiger partial charge in [-0.3, -0.25) is 0 Å². The number of aliphatic hydroxyl groups excluding tert-OH is 1. The summed E-state index contributed by atoms with van der Waals surface area (Å²) in [5.74, 6) is 1.74. The van der Waals surface area contributed by atoms with Gasteiger partial charge in [0.1, 0.15) is 0 Å². The van der Waals surface area contributed by atoms with E-state index in [1.165, 1.54) is 19.4 Å². The van der Waals surface area contributed by atoms with Gasteiger partial charge in [0.2, 0.25) is 0 Å². The Bertz CT molecular complexity index is 137. The molecule has 1 rings (SSSR count). The summed E-state index contributed by atoms with van der Waals surface area (Å²) in [6.07, 6.45) is 4.47. The van der Waals surface area contributed by atoms with Crippen LogP contribution in [-0.4, -0.2) is 42.0 Å². The molecule has 0 aromatic rings. The minimum absolute atomic E-state index is 0.00385. The van der Waals surface area contributed by atoms with Crippen molar-refractivity contribution in [2.75, 3.05) is 25.9 Å². The standard InChI is InChI=1S/C10H21NOS/c1-11(4-2-3-5-13)8-9-6-10(12)7-9/h9-10,12-13H,2-8H2,1H3. The van der Waals surface area contributed by atoms with E-state index in [-0.39, 0.29) is 6.10 Å². The Morgan fingerprint density at radius 1 is 1.38 bits per heavy atom. The molecular formula is C10H21NOS. The van der Waals surface area contributed by atoms with Crippen LogP contribution in [0.3, 0.4) is 0 Å². The lowest BCUT2D eigenvalue weighted by Gasteiger charge is -2.34. The lowest BCUT2D eigenvalue weighted by Crippen LogP contribution is -2.37. The quantitative estimate of drug-likeness (QED) is 0.503. The molecule has 0 saturated heterocycles. The van der Waals surface area contributed by atoms with Crippen molar-refractivity contribution in [3.8, 4) is 0 Å². The fourth-order valence-electron chi connectivity index (χ4n) is 1.88. The average Bonchev–Trinajstić information content (AvgIpc) is 2.02. The third-order valence-electron chi connectivity index (χ3n) is 2.73. The highest BCUT2D eigenvalue weighted by Crippen LogP contribution is 2.27. The first-order valence-electron chi connectivity index (χ1n) is 5.20. The molecule has 1 fully saturated rings. The maximum absolute atomic E-state index is 9.12. The van der Waals surface area contributed by atoms with Crippen LogP contribution in [0.1, 0.15) is 25.7 Å². The van der Waals surface area contributed by atoms with Gasteiger partial charge in [-0.2, -0.15) is 12.6 Å². The van der Waals surface area contributed by atoms with E-state index < -0.39 is 0 Å². The number of hydrogen-bond donors (Lipinski definition) is 2. The highest BCUT2D eigenvalue weighted by atomic mass is 32.1. The van der Waals surface area contributed by atoms with E-state index in [1.807, 2.05) is 0 Å². The van der Waals surface area contributed by atoms with Crippen LogP contribution in [0.15, 0.2) is 0 Å². The number of hydrogen-bond acceptors (Lipinski definition) is 3. The van der Waals surface area contributed by atoms with Gasteiger partial charge >= 0.3 is 0 Å². The van der Waals surface area contributed by atoms with Crippen molar-refractivity contribution < 1.29 is 5.11 Å². The zero-order chi connectivity index (χ0) is 9.68. The van der Waals surface area contributed by atoms with Crippen molar-refractivity contribution in [1.82, 2.24) is 4.90 Å². The van der Waals surface area contributed by atoms with Crippen molar-refractivity contribution in [2.24, 2.45) is 5.92 Å². The van der Waals surface area contributed by atoms with E-state index in [2.05, 4.69) is 24.6 Å². The summed E-state index contributed by atoms with van der Waals surface area (Å²) in [6, 6.07) is 0. The third kappa shape index (κ3) is 4.34. The fourth-order valence-corrected chi connectivity index (χ4v) is 2.10. The molecule has 1 N–H and O–H groups in total. The van der Waals surface area contributed by atoms with Gasteiger partial charge in [-0.25, -0.2) is 0 Å². The second-order valence-corrected chi connectivity index (χ2v) is 4.63. The van der Waals surface area contributed by atoms with Crippen LogP contribution < -0.4 is 0 Å². The molecule has 0 aliphatic heterocycles. The van der Waals surface area contributed by atoms with E-state index in [9.17, 15) is 0 Å². The molecule has 78 valence electrons. The molecule has 0 radical (unpaired) electrons. The monoisotopic (exact) mass is 203 g/mol. The molecule has 0 aromatic carbocycles. The predicted molar refractivity (Wildman–Crippen MR) is 59.3 cm³/mol. The molecule has 3 heteroatoms. The number of thiol groups is 1. The molecule has 0 bridgehead atoms. The molecule has 0 amide bonds. The minimum Gasteiger partial charge on any atom is -0.393 e. The van der Waals surface area contributed by atoms with Gasteiger partial charge in [0.15, 0.2) is 0 Å². The summed E-state index contributed by atoms with van der Waals surface area (Å²) >= 11 is 4.18. The SMILES string of the molecule is CN(CCCCS)CC1CC(O)C1. The molecule has 13 heavy (non-hydrogen) atoms. The van der Waals surface area contributed by atoms with Crippen molar-refractivity contribution in [1.29, 1.82) is 0 Å². The van der Waals surface area contributed by atoms with Crippen molar-refractivity contribution in [2.45, 2.75) is 31.8 Å². The molecule has 0 unspecified atom stereocenters. The van der Waals surface area contributed by atoms with Gasteiger partial charge in [-0.05, 0) is 50.9 Å². The van der Waals surface area contributed by atoms with Crippen LogP contribution in [-0.2, 0) is 0 Å². The highest BCUT2D eigenvalue weighted by Gasteiger charge is 2.27. The molecule has 1 aliphatic rings. The summed E-state index contributed by atoms with van der Waals surface area (Å²) in [4.78, 5) is 2.37. The number of aliphatic hydroxyl groups is 1. The van der Waals surface area contributed by atoms with Gasteiger partial charge in [0.05, 0.1) is 6.10 Å². The first-order valence-corrected chi connectivity index (χ1v) is 5.83. The second kappa shape index (κ2) is 5.89. The lowest BCUT2D eigenvalue weighted by atomic mass is 9.82. The first-order chi connectivity index (χ1) is 6.22. The molecule has 1 saturated carbocycles. The van der Waals surface area contributed by atoms with E-state index in [0.717, 1.165) is 31.1 Å². The minimum atomic E-state index is -0.00385. The fraction of sp³-hybridized carbons (Fsp3) is 1.00. The summed E-state index contributed by atoms with van der Waals surface area (Å²) in [6.45, 7) is 2.33. The first kappa shape index (κ1) is 11.3.